The molecule has 0 bridgehead atoms. The predicted molar refractivity (Wildman–Crippen MR) is 71.9 cm³/mol. The summed E-state index contributed by atoms with van der Waals surface area (Å²) in [6.07, 6.45) is 3.03. The van der Waals surface area contributed by atoms with Gasteiger partial charge in [-0.1, -0.05) is 0 Å². The first-order valence-electron chi connectivity index (χ1n) is 4.62. The summed E-state index contributed by atoms with van der Waals surface area (Å²) in [5, 5.41) is 8.74. The number of hydrogen-bond donors (Lipinski definition) is 2. The molecular weight excluding hydrogens is 269 g/mol. The van der Waals surface area contributed by atoms with Crippen molar-refractivity contribution in [3.05, 3.63) is 16.6 Å². The molecule has 0 spiro atoms. The number of amides is 1. The van der Waals surface area contributed by atoms with Crippen molar-refractivity contribution in [2.24, 2.45) is 0 Å². The maximum atomic E-state index is 11.3. The second-order valence-electron chi connectivity index (χ2n) is 2.88. The number of hydrogen-bond acceptors (Lipinski definition) is 4. The van der Waals surface area contributed by atoms with E-state index >= 15 is 0 Å². The largest absolute Gasteiger partial charge is 0.355 e. The topological polar surface area (TPSA) is 54.0 Å². The fourth-order valence-corrected chi connectivity index (χ4v) is 1.63. The van der Waals surface area contributed by atoms with Gasteiger partial charge in [0, 0.05) is 37.5 Å². The summed E-state index contributed by atoms with van der Waals surface area (Å²) in [4.78, 5) is 15.4. The van der Waals surface area contributed by atoms with Crippen molar-refractivity contribution in [1.82, 2.24) is 15.6 Å². The van der Waals surface area contributed by atoms with Crippen LogP contribution in [0.3, 0.4) is 0 Å². The SMILES string of the molecule is CNCCNC(=O)CCc1nccs1.Cl.Cl. The molecule has 0 unspecified atom stereocenters. The summed E-state index contributed by atoms with van der Waals surface area (Å²) in [6.45, 7) is 1.50. The lowest BCUT2D eigenvalue weighted by Gasteiger charge is -2.02. The van der Waals surface area contributed by atoms with Gasteiger partial charge in [-0.25, -0.2) is 4.98 Å². The monoisotopic (exact) mass is 285 g/mol. The van der Waals surface area contributed by atoms with E-state index in [0.29, 0.717) is 13.0 Å². The molecule has 0 radical (unpaired) electrons. The van der Waals surface area contributed by atoms with Gasteiger partial charge in [-0.2, -0.15) is 0 Å². The Kier molecular flexibility index (Phi) is 12.5. The molecule has 0 saturated carbocycles. The van der Waals surface area contributed by atoms with Crippen LogP contribution in [0, 0.1) is 0 Å². The second kappa shape index (κ2) is 11.1. The summed E-state index contributed by atoms with van der Waals surface area (Å²) >= 11 is 1.59. The molecule has 1 rings (SSSR count). The van der Waals surface area contributed by atoms with Crippen molar-refractivity contribution in [2.75, 3.05) is 20.1 Å². The number of carbonyl (C=O) groups is 1. The molecule has 0 saturated heterocycles. The normalized spacial score (nSPS) is 8.81. The van der Waals surface area contributed by atoms with Crippen molar-refractivity contribution < 1.29 is 4.79 Å². The number of aryl methyl sites for hydroxylation is 1. The number of likely N-dealkylation sites (N-methyl/N-ethyl adjacent to an activating group) is 1. The molecule has 16 heavy (non-hydrogen) atoms. The summed E-state index contributed by atoms with van der Waals surface area (Å²) in [7, 11) is 1.86. The van der Waals surface area contributed by atoms with Gasteiger partial charge in [0.25, 0.3) is 0 Å². The Morgan fingerprint density at radius 1 is 1.44 bits per heavy atom. The Balaban J connectivity index is 0. The van der Waals surface area contributed by atoms with E-state index in [0.717, 1.165) is 18.0 Å². The minimum Gasteiger partial charge on any atom is -0.355 e. The van der Waals surface area contributed by atoms with E-state index in [1.807, 2.05) is 12.4 Å². The smallest absolute Gasteiger partial charge is 0.220 e. The highest BCUT2D eigenvalue weighted by Crippen LogP contribution is 2.06. The van der Waals surface area contributed by atoms with Gasteiger partial charge in [0.05, 0.1) is 5.01 Å². The first-order valence-corrected chi connectivity index (χ1v) is 5.50. The highest BCUT2D eigenvalue weighted by Gasteiger charge is 2.02. The van der Waals surface area contributed by atoms with Crippen LogP contribution in [0.1, 0.15) is 11.4 Å². The number of thiazole rings is 1. The van der Waals surface area contributed by atoms with Gasteiger partial charge < -0.3 is 10.6 Å². The van der Waals surface area contributed by atoms with Crippen LogP contribution in [-0.2, 0) is 11.2 Å². The average molecular weight is 286 g/mol. The third-order valence-corrected chi connectivity index (χ3v) is 2.59. The van der Waals surface area contributed by atoms with Crippen molar-refractivity contribution in [3.8, 4) is 0 Å². The number of halogens is 2. The molecule has 0 aliphatic carbocycles. The standard InChI is InChI=1S/C9H15N3OS.2ClH/c1-10-4-5-11-8(13)2-3-9-12-6-7-14-9;;/h6-7,10H,2-5H2,1H3,(H,11,13);2*1H. The van der Waals surface area contributed by atoms with Crippen molar-refractivity contribution in [3.63, 3.8) is 0 Å². The van der Waals surface area contributed by atoms with Gasteiger partial charge in [0.1, 0.15) is 0 Å². The van der Waals surface area contributed by atoms with Crippen LogP contribution >= 0.6 is 36.2 Å². The predicted octanol–water partition coefficient (Wildman–Crippen LogP) is 1.25. The van der Waals surface area contributed by atoms with E-state index in [-0.39, 0.29) is 30.7 Å². The fraction of sp³-hybridized carbons (Fsp3) is 0.556. The lowest BCUT2D eigenvalue weighted by molar-refractivity contribution is -0.121. The quantitative estimate of drug-likeness (QED) is 0.774. The van der Waals surface area contributed by atoms with E-state index in [1.54, 1.807) is 17.5 Å². The molecule has 0 aliphatic rings. The van der Waals surface area contributed by atoms with Crippen molar-refractivity contribution >= 4 is 42.1 Å². The molecule has 1 aromatic rings. The molecule has 2 N–H and O–H groups in total. The lowest BCUT2D eigenvalue weighted by atomic mass is 10.3. The van der Waals surface area contributed by atoms with E-state index in [1.165, 1.54) is 0 Å². The van der Waals surface area contributed by atoms with Gasteiger partial charge >= 0.3 is 0 Å². The van der Waals surface area contributed by atoms with Crippen LogP contribution in [-0.4, -0.2) is 31.0 Å². The summed E-state index contributed by atoms with van der Waals surface area (Å²) < 4.78 is 0. The number of rotatable bonds is 6. The summed E-state index contributed by atoms with van der Waals surface area (Å²) in [5.74, 6) is 0.0930. The zero-order valence-electron chi connectivity index (χ0n) is 9.06. The van der Waals surface area contributed by atoms with Gasteiger partial charge in [-0.15, -0.1) is 36.2 Å². The summed E-state index contributed by atoms with van der Waals surface area (Å²) in [6, 6.07) is 0. The molecule has 1 heterocycles. The average Bonchev–Trinajstić information content (AvgIpc) is 2.68. The third-order valence-electron chi connectivity index (χ3n) is 1.75. The number of nitrogens with zero attached hydrogens (tertiary/aromatic N) is 1. The Morgan fingerprint density at radius 3 is 2.75 bits per heavy atom. The molecule has 1 amide bonds. The zero-order valence-corrected chi connectivity index (χ0v) is 11.5. The van der Waals surface area contributed by atoms with Gasteiger partial charge in [-0.3, -0.25) is 4.79 Å². The van der Waals surface area contributed by atoms with E-state index < -0.39 is 0 Å². The first kappa shape index (κ1) is 18.0. The molecule has 0 fully saturated rings. The Labute approximate surface area is 112 Å². The van der Waals surface area contributed by atoms with Crippen LogP contribution in [0.25, 0.3) is 0 Å². The molecule has 0 atom stereocenters. The van der Waals surface area contributed by atoms with Crippen molar-refractivity contribution in [2.45, 2.75) is 12.8 Å². The number of carbonyl (C=O) groups excluding carboxylic acids is 1. The second-order valence-corrected chi connectivity index (χ2v) is 3.86. The highest BCUT2D eigenvalue weighted by atomic mass is 35.5. The minimum atomic E-state index is 0. The van der Waals surface area contributed by atoms with E-state index in [2.05, 4.69) is 15.6 Å². The lowest BCUT2D eigenvalue weighted by Crippen LogP contribution is -2.30. The molecule has 0 aromatic carbocycles. The zero-order chi connectivity index (χ0) is 10.2. The summed E-state index contributed by atoms with van der Waals surface area (Å²) in [5.41, 5.74) is 0. The molecular formula is C9H17Cl2N3OS. The molecule has 94 valence electrons. The Bertz CT molecular complexity index is 270. The van der Waals surface area contributed by atoms with Gasteiger partial charge in [0.15, 0.2) is 0 Å². The van der Waals surface area contributed by atoms with Crippen LogP contribution in [0.5, 0.6) is 0 Å². The first-order chi connectivity index (χ1) is 6.83. The van der Waals surface area contributed by atoms with E-state index in [4.69, 9.17) is 0 Å². The van der Waals surface area contributed by atoms with Crippen LogP contribution < -0.4 is 10.6 Å². The maximum absolute atomic E-state index is 11.3. The van der Waals surface area contributed by atoms with E-state index in [9.17, 15) is 4.79 Å². The highest BCUT2D eigenvalue weighted by molar-refractivity contribution is 7.09. The maximum Gasteiger partial charge on any atom is 0.220 e. The van der Waals surface area contributed by atoms with Crippen molar-refractivity contribution in [1.29, 1.82) is 0 Å². The van der Waals surface area contributed by atoms with Crippen LogP contribution in [0.4, 0.5) is 0 Å². The van der Waals surface area contributed by atoms with Gasteiger partial charge in [-0.05, 0) is 7.05 Å². The molecule has 0 aliphatic heterocycles. The molecule has 1 aromatic heterocycles. The number of nitrogens with one attached hydrogen (secondary N) is 2. The van der Waals surface area contributed by atoms with Crippen LogP contribution in [0.2, 0.25) is 0 Å². The van der Waals surface area contributed by atoms with Crippen LogP contribution in [0.15, 0.2) is 11.6 Å². The Morgan fingerprint density at radius 2 is 2.19 bits per heavy atom. The fourth-order valence-electron chi connectivity index (χ4n) is 1.01. The molecule has 7 heteroatoms. The minimum absolute atomic E-state index is 0. The number of aromatic nitrogens is 1. The third kappa shape index (κ3) is 7.87. The Hall–Kier alpha value is -0.360. The van der Waals surface area contributed by atoms with Gasteiger partial charge in [0.2, 0.25) is 5.91 Å². The molecule has 4 nitrogen and oxygen atoms in total.